The smallest absolute Gasteiger partial charge is 0.162 e. The van der Waals surface area contributed by atoms with Crippen molar-refractivity contribution in [1.29, 1.82) is 0 Å². The Morgan fingerprint density at radius 3 is 2.71 bits per heavy atom. The highest BCUT2D eigenvalue weighted by atomic mass is 79.9. The van der Waals surface area contributed by atoms with Gasteiger partial charge in [-0.3, -0.25) is 4.79 Å². The number of methoxy groups -OCH3 is 1. The molecule has 0 saturated carbocycles. The van der Waals surface area contributed by atoms with Crippen LogP contribution in [-0.4, -0.2) is 12.9 Å². The highest BCUT2D eigenvalue weighted by molar-refractivity contribution is 9.10. The minimum atomic E-state index is 0.166. The average Bonchev–Trinajstić information content (AvgIpc) is 2.38. The summed E-state index contributed by atoms with van der Waals surface area (Å²) in [6.45, 7) is 1.87. The van der Waals surface area contributed by atoms with Crippen molar-refractivity contribution in [2.24, 2.45) is 0 Å². The fourth-order valence-corrected chi connectivity index (χ4v) is 2.46. The Morgan fingerprint density at radius 2 is 2.06 bits per heavy atom. The molecule has 2 nitrogen and oxygen atoms in total. The Hall–Kier alpha value is -1.35. The van der Waals surface area contributed by atoms with Crippen LogP contribution < -0.4 is 4.74 Å². The third kappa shape index (κ3) is 2.20. The third-order valence-corrected chi connectivity index (χ3v) is 3.60. The molecule has 0 atom stereocenters. The number of benzene rings is 2. The van der Waals surface area contributed by atoms with Gasteiger partial charge in [0.2, 0.25) is 0 Å². The van der Waals surface area contributed by atoms with Gasteiger partial charge in [-0.05, 0) is 38.8 Å². The fourth-order valence-electron chi connectivity index (χ4n) is 1.81. The summed E-state index contributed by atoms with van der Waals surface area (Å²) in [7, 11) is 1.64. The van der Waals surface area contributed by atoms with E-state index in [2.05, 4.69) is 15.9 Å². The van der Waals surface area contributed by atoms with E-state index in [1.807, 2.05) is 37.3 Å². The normalized spacial score (nSPS) is 10.5. The largest absolute Gasteiger partial charge is 0.496 e. The lowest BCUT2D eigenvalue weighted by molar-refractivity contribution is 0.0988. The molecule has 0 aliphatic carbocycles. The molecule has 2 rings (SSSR count). The number of Topliss-reactive ketones (excluding diaryl/α,β-unsaturated/α-hetero) is 1. The van der Waals surface area contributed by atoms with Crippen molar-refractivity contribution in [3.8, 4) is 5.75 Å². The number of ether oxygens (including phenoxy) is 1. The number of fused-ring (bicyclic) bond motifs is 1. The maximum absolute atomic E-state index is 11.6. The summed E-state index contributed by atoms with van der Waals surface area (Å²) in [5.41, 5.74) is 0.761. The Morgan fingerprint density at radius 1 is 1.29 bits per heavy atom. The van der Waals surface area contributed by atoms with E-state index in [1.54, 1.807) is 7.11 Å². The summed E-state index contributed by atoms with van der Waals surface area (Å²) >= 11 is 3.51. The zero-order valence-electron chi connectivity index (χ0n) is 9.79. The molecule has 0 bridgehead atoms. The molecule has 0 aromatic heterocycles. The minimum absolute atomic E-state index is 0.166. The summed E-state index contributed by atoms with van der Waals surface area (Å²) in [6, 6.07) is 9.59. The van der Waals surface area contributed by atoms with E-state index in [9.17, 15) is 4.79 Å². The van der Waals surface area contributed by atoms with Crippen LogP contribution in [0.3, 0.4) is 0 Å². The molecule has 0 spiro atoms. The predicted octanol–water partition coefficient (Wildman–Crippen LogP) is 4.20. The van der Waals surface area contributed by atoms with Gasteiger partial charge >= 0.3 is 0 Å². The molecular formula is C14H13BrO2. The van der Waals surface area contributed by atoms with Crippen molar-refractivity contribution in [3.05, 3.63) is 40.4 Å². The number of hydrogen-bond acceptors (Lipinski definition) is 2. The van der Waals surface area contributed by atoms with Crippen molar-refractivity contribution in [1.82, 2.24) is 0 Å². The summed E-state index contributed by atoms with van der Waals surface area (Å²) in [4.78, 5) is 11.6. The van der Waals surface area contributed by atoms with Crippen LogP contribution in [0.2, 0.25) is 0 Å². The monoisotopic (exact) mass is 292 g/mol. The zero-order chi connectivity index (χ0) is 12.4. The first kappa shape index (κ1) is 12.1. The van der Waals surface area contributed by atoms with Crippen LogP contribution >= 0.6 is 15.9 Å². The molecule has 0 amide bonds. The molecule has 0 heterocycles. The van der Waals surface area contributed by atoms with Gasteiger partial charge in [-0.25, -0.2) is 0 Å². The number of halogens is 1. The van der Waals surface area contributed by atoms with Crippen LogP contribution in [0.4, 0.5) is 0 Å². The third-order valence-electron chi connectivity index (χ3n) is 2.78. The first-order valence-electron chi connectivity index (χ1n) is 5.46. The van der Waals surface area contributed by atoms with Crippen molar-refractivity contribution in [2.75, 3.05) is 7.11 Å². The minimum Gasteiger partial charge on any atom is -0.496 e. The average molecular weight is 293 g/mol. The molecule has 2 aromatic carbocycles. The molecule has 3 heteroatoms. The lowest BCUT2D eigenvalue weighted by Gasteiger charge is -2.07. The molecular weight excluding hydrogens is 280 g/mol. The maximum Gasteiger partial charge on any atom is 0.162 e. The van der Waals surface area contributed by atoms with E-state index in [0.29, 0.717) is 6.42 Å². The Bertz CT molecular complexity index is 576. The number of carbonyl (C=O) groups is 1. The van der Waals surface area contributed by atoms with Crippen LogP contribution in [0, 0.1) is 0 Å². The summed E-state index contributed by atoms with van der Waals surface area (Å²) in [5.74, 6) is 0.964. The standard InChI is InChI=1S/C14H13BrO2/c1-3-12(16)10-4-6-11-9(8-10)5-7-13(17-2)14(11)15/h4-8H,3H2,1-2H3. The molecule has 0 radical (unpaired) electrons. The van der Waals surface area contributed by atoms with Gasteiger partial charge in [-0.1, -0.05) is 25.1 Å². The van der Waals surface area contributed by atoms with Crippen LogP contribution in [0.25, 0.3) is 10.8 Å². The van der Waals surface area contributed by atoms with Gasteiger partial charge in [-0.2, -0.15) is 0 Å². The second kappa shape index (κ2) is 4.88. The molecule has 0 fully saturated rings. The molecule has 0 saturated heterocycles. The molecule has 0 aliphatic rings. The van der Waals surface area contributed by atoms with Crippen LogP contribution in [-0.2, 0) is 0 Å². The van der Waals surface area contributed by atoms with E-state index < -0.39 is 0 Å². The number of hydrogen-bond donors (Lipinski definition) is 0. The van der Waals surface area contributed by atoms with Gasteiger partial charge in [-0.15, -0.1) is 0 Å². The highest BCUT2D eigenvalue weighted by Gasteiger charge is 2.08. The van der Waals surface area contributed by atoms with E-state index in [4.69, 9.17) is 4.74 Å². The zero-order valence-corrected chi connectivity index (χ0v) is 11.4. The van der Waals surface area contributed by atoms with Crippen molar-refractivity contribution >= 4 is 32.5 Å². The molecule has 2 aromatic rings. The predicted molar refractivity (Wildman–Crippen MR) is 72.8 cm³/mol. The second-order valence-electron chi connectivity index (χ2n) is 3.79. The summed E-state index contributed by atoms with van der Waals surface area (Å²) in [5, 5.41) is 2.09. The maximum atomic E-state index is 11.6. The lowest BCUT2D eigenvalue weighted by Crippen LogP contribution is -1.96. The number of carbonyl (C=O) groups excluding carboxylic acids is 1. The van der Waals surface area contributed by atoms with E-state index in [1.165, 1.54) is 0 Å². The molecule has 0 N–H and O–H groups in total. The van der Waals surface area contributed by atoms with Gasteiger partial charge in [0.15, 0.2) is 5.78 Å². The lowest BCUT2D eigenvalue weighted by atomic mass is 10.0. The van der Waals surface area contributed by atoms with Crippen molar-refractivity contribution in [2.45, 2.75) is 13.3 Å². The van der Waals surface area contributed by atoms with Crippen LogP contribution in [0.5, 0.6) is 5.75 Å². The van der Waals surface area contributed by atoms with Gasteiger partial charge in [0.1, 0.15) is 5.75 Å². The van der Waals surface area contributed by atoms with Crippen LogP contribution in [0.1, 0.15) is 23.7 Å². The topological polar surface area (TPSA) is 26.3 Å². The number of ketones is 1. The quantitative estimate of drug-likeness (QED) is 0.793. The molecule has 17 heavy (non-hydrogen) atoms. The van der Waals surface area contributed by atoms with Gasteiger partial charge < -0.3 is 4.74 Å². The molecule has 0 aliphatic heterocycles. The summed E-state index contributed by atoms with van der Waals surface area (Å²) < 4.78 is 6.16. The van der Waals surface area contributed by atoms with E-state index in [-0.39, 0.29) is 5.78 Å². The van der Waals surface area contributed by atoms with Crippen molar-refractivity contribution < 1.29 is 9.53 Å². The number of rotatable bonds is 3. The molecule has 88 valence electrons. The molecule has 0 unspecified atom stereocenters. The Kier molecular flexibility index (Phi) is 3.48. The Balaban J connectivity index is 2.61. The highest BCUT2D eigenvalue weighted by Crippen LogP contribution is 2.33. The van der Waals surface area contributed by atoms with Crippen LogP contribution in [0.15, 0.2) is 34.8 Å². The summed E-state index contributed by atoms with van der Waals surface area (Å²) in [6.07, 6.45) is 0.531. The SMILES string of the molecule is CCC(=O)c1ccc2c(Br)c(OC)ccc2c1. The van der Waals surface area contributed by atoms with Gasteiger partial charge in [0, 0.05) is 12.0 Å². The first-order valence-corrected chi connectivity index (χ1v) is 6.26. The Labute approximate surface area is 109 Å². The fraction of sp³-hybridized carbons (Fsp3) is 0.214. The van der Waals surface area contributed by atoms with Crippen molar-refractivity contribution in [3.63, 3.8) is 0 Å². The first-order chi connectivity index (χ1) is 8.17. The van der Waals surface area contributed by atoms with Gasteiger partial charge in [0.05, 0.1) is 11.6 Å². The van der Waals surface area contributed by atoms with Gasteiger partial charge in [0.25, 0.3) is 0 Å². The van der Waals surface area contributed by atoms with E-state index in [0.717, 1.165) is 26.6 Å². The van der Waals surface area contributed by atoms with E-state index >= 15 is 0 Å². The second-order valence-corrected chi connectivity index (χ2v) is 4.59.